The molecule has 0 aromatic rings. The Morgan fingerprint density at radius 3 is 1.25 bits per heavy atom. The van der Waals surface area contributed by atoms with Crippen LogP contribution in [0.25, 0.3) is 0 Å². The van der Waals surface area contributed by atoms with Crippen LogP contribution in [-0.2, 0) is 21.8 Å². The van der Waals surface area contributed by atoms with E-state index in [9.17, 15) is 0 Å². The Labute approximate surface area is 47.8 Å². The van der Waals surface area contributed by atoms with Crippen LogP contribution >= 0.6 is 0 Å². The standard InChI is InChI=1S/Al.BH3.O.Zn.3H/h;1H3;;;;;. The first-order valence-corrected chi connectivity index (χ1v) is 1.50. The minimum atomic E-state index is 0. The van der Waals surface area contributed by atoms with E-state index in [1.165, 1.54) is 0 Å². The van der Waals surface area contributed by atoms with Crippen LogP contribution in [0.3, 0.4) is 0 Å². The van der Waals surface area contributed by atoms with Crippen molar-refractivity contribution >= 4 is 25.8 Å². The third kappa shape index (κ3) is 11.8. The van der Waals surface area contributed by atoms with Crippen LogP contribution in [0.5, 0.6) is 0 Å². The molecule has 0 aliphatic heterocycles. The van der Waals surface area contributed by atoms with E-state index < -0.39 is 0 Å². The molecule has 0 bridgehead atoms. The van der Waals surface area contributed by atoms with Crippen molar-refractivity contribution in [3.8, 4) is 0 Å². The van der Waals surface area contributed by atoms with E-state index >= 15 is 0 Å². The van der Waals surface area contributed by atoms with Crippen LogP contribution in [0.15, 0.2) is 0 Å². The molecular weight excluding hydrogens is 119 g/mol. The second kappa shape index (κ2) is 35.2. The van der Waals surface area contributed by atoms with Gasteiger partial charge in [0.2, 0.25) is 0 Å². The Balaban J connectivity index is -0.00000000500. The summed E-state index contributed by atoms with van der Waals surface area (Å²) >= 11 is 0.125. The van der Waals surface area contributed by atoms with Crippen molar-refractivity contribution in [3.63, 3.8) is 0 Å². The molecule has 0 N–H and O–H groups in total. The van der Waals surface area contributed by atoms with Crippen LogP contribution in [-0.4, -0.2) is 25.8 Å². The summed E-state index contributed by atoms with van der Waals surface area (Å²) in [7, 11) is 0. The molecule has 0 aromatic heterocycles. The van der Waals surface area contributed by atoms with Gasteiger partial charge in [0.15, 0.2) is 17.4 Å². The van der Waals surface area contributed by atoms with Crippen LogP contribution < -0.4 is 0 Å². The van der Waals surface area contributed by atoms with Crippen LogP contribution in [0.4, 0.5) is 0 Å². The zero-order chi connectivity index (χ0) is 2.00. The van der Waals surface area contributed by atoms with Gasteiger partial charge in [-0.15, -0.1) is 0 Å². The Bertz CT molecular complexity index is 8.00. The van der Waals surface area contributed by atoms with Gasteiger partial charge in [0.25, 0.3) is 0 Å². The van der Waals surface area contributed by atoms with Crippen molar-refractivity contribution in [3.05, 3.63) is 0 Å². The molecule has 0 fully saturated rings. The van der Waals surface area contributed by atoms with Gasteiger partial charge in [-0.3, -0.25) is 0 Å². The molecule has 4 heavy (non-hydrogen) atoms. The minimum absolute atomic E-state index is 0. The average Bonchev–Trinajstić information content (AvgIpc) is 1.00. The molecule has 0 atom stereocenters. The quantitative estimate of drug-likeness (QED) is 0.327. The van der Waals surface area contributed by atoms with Crippen molar-refractivity contribution in [2.24, 2.45) is 0 Å². The Kier molecular flexibility index (Phi) is 175. The van der Waals surface area contributed by atoms with Gasteiger partial charge >= 0.3 is 21.8 Å². The fourth-order valence-corrected chi connectivity index (χ4v) is 0. The molecule has 0 aromatic carbocycles. The summed E-state index contributed by atoms with van der Waals surface area (Å²) < 4.78 is 8.38. The van der Waals surface area contributed by atoms with Crippen LogP contribution in [0.1, 0.15) is 0 Å². The molecule has 0 heterocycles. The molecule has 0 saturated heterocycles. The summed E-state index contributed by atoms with van der Waals surface area (Å²) in [6, 6.07) is 0. The van der Waals surface area contributed by atoms with Crippen LogP contribution in [0, 0.1) is 0 Å². The predicted molar refractivity (Wildman–Crippen MR) is 20.6 cm³/mol. The summed E-state index contributed by atoms with van der Waals surface area (Å²) in [6.07, 6.45) is 0. The predicted octanol–water partition coefficient (Wildman–Crippen LogP) is -2.49. The van der Waals surface area contributed by atoms with E-state index in [0.29, 0.717) is 0 Å². The summed E-state index contributed by atoms with van der Waals surface area (Å²) in [5, 5.41) is 0. The molecule has 0 rings (SSSR count). The Morgan fingerprint density at radius 1 is 1.25 bits per heavy atom. The third-order valence-corrected chi connectivity index (χ3v) is 0. The summed E-state index contributed by atoms with van der Waals surface area (Å²) in [5.41, 5.74) is 0. The van der Waals surface area contributed by atoms with Crippen molar-refractivity contribution in [1.82, 2.24) is 0 Å². The Hall–Kier alpha value is 1.02. The van der Waals surface area contributed by atoms with Gasteiger partial charge in [0, 0.05) is 0 Å². The first kappa shape index (κ1) is 19.9. The number of rotatable bonds is 0. The molecule has 1 nitrogen and oxygen atoms in total. The molecular formula is H6AlBOZn. The van der Waals surface area contributed by atoms with Gasteiger partial charge in [0.1, 0.15) is 0 Å². The van der Waals surface area contributed by atoms with E-state index in [2.05, 4.69) is 0 Å². The van der Waals surface area contributed by atoms with Crippen molar-refractivity contribution < 1.29 is 21.8 Å². The molecule has 0 spiro atoms. The third-order valence-electron chi connectivity index (χ3n) is 0. The molecule has 0 saturated carbocycles. The van der Waals surface area contributed by atoms with Crippen molar-refractivity contribution in [1.29, 1.82) is 0 Å². The Morgan fingerprint density at radius 2 is 1.25 bits per heavy atom. The maximum absolute atomic E-state index is 8.38. The number of hydrogen-bond acceptors (Lipinski definition) is 1. The first-order chi connectivity index (χ1) is 1.00. The van der Waals surface area contributed by atoms with E-state index in [-0.39, 0.29) is 44.0 Å². The molecule has 0 radical (unpaired) electrons. The van der Waals surface area contributed by atoms with E-state index in [1.54, 1.807) is 0 Å². The molecule has 0 aliphatic carbocycles. The van der Waals surface area contributed by atoms with Crippen LogP contribution in [0.2, 0.25) is 0 Å². The first-order valence-electron chi connectivity index (χ1n) is 0.289. The van der Waals surface area contributed by atoms with Gasteiger partial charge < -0.3 is 0 Å². The summed E-state index contributed by atoms with van der Waals surface area (Å²) in [6.45, 7) is 0. The summed E-state index contributed by atoms with van der Waals surface area (Å²) in [4.78, 5) is 0. The second-order valence-electron chi connectivity index (χ2n) is 0. The monoisotopic (exact) mass is 124 g/mol. The van der Waals surface area contributed by atoms with E-state index in [1.807, 2.05) is 0 Å². The zero-order valence-electron chi connectivity index (χ0n) is 1.12. The van der Waals surface area contributed by atoms with Crippen molar-refractivity contribution in [2.45, 2.75) is 0 Å². The van der Waals surface area contributed by atoms with E-state index in [0.717, 1.165) is 0 Å². The SMILES string of the molecule is B.[AlH3].[O]=[Zn]. The molecule has 4 heteroatoms. The number of hydrogen-bond donors (Lipinski definition) is 0. The normalized spacial score (nSPS) is 1.50. The van der Waals surface area contributed by atoms with Gasteiger partial charge in [-0.2, -0.15) is 0 Å². The molecule has 20 valence electrons. The fraction of sp³-hybridized carbons (Fsp3) is 0. The molecule has 0 unspecified atom stereocenters. The van der Waals surface area contributed by atoms with E-state index in [4.69, 9.17) is 3.57 Å². The summed E-state index contributed by atoms with van der Waals surface area (Å²) in [5.74, 6) is 0. The second-order valence-corrected chi connectivity index (χ2v) is 0. The van der Waals surface area contributed by atoms with Gasteiger partial charge in [-0.1, -0.05) is 0 Å². The van der Waals surface area contributed by atoms with Gasteiger partial charge in [0.05, 0.1) is 8.41 Å². The van der Waals surface area contributed by atoms with Crippen molar-refractivity contribution in [2.75, 3.05) is 0 Å². The molecule has 0 amide bonds. The average molecular weight is 125 g/mol. The van der Waals surface area contributed by atoms with Gasteiger partial charge in [-0.05, 0) is 0 Å². The zero-order valence-corrected chi connectivity index (χ0v) is 4.08. The fourth-order valence-electron chi connectivity index (χ4n) is 0. The topological polar surface area (TPSA) is 17.1 Å². The maximum atomic E-state index is 8.38. The molecule has 0 aliphatic rings. The van der Waals surface area contributed by atoms with Gasteiger partial charge in [-0.25, -0.2) is 0 Å².